The minimum atomic E-state index is -3.66. The van der Waals surface area contributed by atoms with Gasteiger partial charge < -0.3 is 5.73 Å². The van der Waals surface area contributed by atoms with Crippen LogP contribution in [0.3, 0.4) is 0 Å². The van der Waals surface area contributed by atoms with E-state index in [-0.39, 0.29) is 10.6 Å². The second kappa shape index (κ2) is 6.15. The van der Waals surface area contributed by atoms with Crippen LogP contribution in [0, 0.1) is 11.7 Å². The van der Waals surface area contributed by atoms with Gasteiger partial charge in [0.15, 0.2) is 0 Å². The molecule has 4 nitrogen and oxygen atoms in total. The van der Waals surface area contributed by atoms with Crippen molar-refractivity contribution in [2.45, 2.75) is 31.6 Å². The number of anilines is 1. The molecular formula is C12H19FN2O2S. The van der Waals surface area contributed by atoms with Gasteiger partial charge in [0.25, 0.3) is 0 Å². The molecule has 0 unspecified atom stereocenters. The van der Waals surface area contributed by atoms with Crippen LogP contribution in [0.5, 0.6) is 0 Å². The molecule has 0 aliphatic rings. The average Bonchev–Trinajstić information content (AvgIpc) is 2.29. The van der Waals surface area contributed by atoms with Gasteiger partial charge in [-0.1, -0.05) is 26.7 Å². The molecule has 0 saturated carbocycles. The first kappa shape index (κ1) is 14.9. The van der Waals surface area contributed by atoms with Crippen molar-refractivity contribution < 1.29 is 12.8 Å². The first-order valence-corrected chi connectivity index (χ1v) is 7.43. The van der Waals surface area contributed by atoms with Crippen molar-refractivity contribution in [3.8, 4) is 0 Å². The molecule has 6 heteroatoms. The van der Waals surface area contributed by atoms with E-state index in [0.717, 1.165) is 25.0 Å². The van der Waals surface area contributed by atoms with Crippen molar-refractivity contribution in [3.05, 3.63) is 24.0 Å². The number of nitrogens with two attached hydrogens (primary N) is 1. The maximum atomic E-state index is 12.9. The molecule has 102 valence electrons. The topological polar surface area (TPSA) is 72.2 Å². The highest BCUT2D eigenvalue weighted by Crippen LogP contribution is 2.19. The summed E-state index contributed by atoms with van der Waals surface area (Å²) in [7, 11) is -3.66. The minimum Gasteiger partial charge on any atom is -0.398 e. The number of halogens is 1. The molecule has 1 rings (SSSR count). The van der Waals surface area contributed by atoms with Gasteiger partial charge in [-0.15, -0.1) is 0 Å². The van der Waals surface area contributed by atoms with Crippen molar-refractivity contribution in [3.63, 3.8) is 0 Å². The molecule has 0 saturated heterocycles. The van der Waals surface area contributed by atoms with Crippen LogP contribution >= 0.6 is 0 Å². The van der Waals surface area contributed by atoms with Gasteiger partial charge in [-0.25, -0.2) is 17.5 Å². The first-order chi connectivity index (χ1) is 8.40. The highest BCUT2D eigenvalue weighted by Gasteiger charge is 2.18. The van der Waals surface area contributed by atoms with Gasteiger partial charge >= 0.3 is 0 Å². The fourth-order valence-corrected chi connectivity index (χ4v) is 2.87. The maximum absolute atomic E-state index is 12.9. The Morgan fingerprint density at radius 3 is 2.44 bits per heavy atom. The monoisotopic (exact) mass is 274 g/mol. The summed E-state index contributed by atoms with van der Waals surface area (Å²) in [5.74, 6) is -0.257. The zero-order valence-electron chi connectivity index (χ0n) is 10.6. The normalized spacial score (nSPS) is 12.0. The zero-order chi connectivity index (χ0) is 13.8. The van der Waals surface area contributed by atoms with Crippen LogP contribution < -0.4 is 10.5 Å². The van der Waals surface area contributed by atoms with Gasteiger partial charge in [-0.2, -0.15) is 0 Å². The number of benzene rings is 1. The molecule has 1 aromatic rings. The van der Waals surface area contributed by atoms with Crippen LogP contribution in [0.2, 0.25) is 0 Å². The summed E-state index contributed by atoms with van der Waals surface area (Å²) in [5, 5.41) is 0. The van der Waals surface area contributed by atoms with E-state index in [1.807, 2.05) is 13.8 Å². The third-order valence-corrected chi connectivity index (χ3v) is 4.48. The van der Waals surface area contributed by atoms with Gasteiger partial charge in [0, 0.05) is 6.54 Å². The molecule has 0 fully saturated rings. The number of sulfonamides is 1. The molecule has 18 heavy (non-hydrogen) atoms. The van der Waals surface area contributed by atoms with E-state index in [2.05, 4.69) is 4.72 Å². The standard InChI is InChI=1S/C12H19FN2O2S/c1-3-9(4-2)8-15-18(16,17)12-6-5-10(13)7-11(12)14/h5-7,9,15H,3-4,8,14H2,1-2H3. The summed E-state index contributed by atoms with van der Waals surface area (Å²) >= 11 is 0. The number of nitrogens with one attached hydrogen (secondary N) is 1. The number of rotatable bonds is 6. The zero-order valence-corrected chi connectivity index (χ0v) is 11.4. The molecule has 0 aliphatic carbocycles. The Bertz CT molecular complexity index is 499. The van der Waals surface area contributed by atoms with Gasteiger partial charge in [0.1, 0.15) is 10.7 Å². The van der Waals surface area contributed by atoms with Gasteiger partial charge in [0.05, 0.1) is 5.69 Å². The molecule has 0 spiro atoms. The number of hydrogen-bond donors (Lipinski definition) is 2. The van der Waals surface area contributed by atoms with Crippen LogP contribution in [0.15, 0.2) is 23.1 Å². The molecule has 0 bridgehead atoms. The summed E-state index contributed by atoms with van der Waals surface area (Å²) in [5.41, 5.74) is 5.44. The third kappa shape index (κ3) is 3.68. The SMILES string of the molecule is CCC(CC)CNS(=O)(=O)c1ccc(F)cc1N. The molecule has 0 amide bonds. The second-order valence-electron chi connectivity index (χ2n) is 4.22. The van der Waals surface area contributed by atoms with Crippen molar-refractivity contribution in [1.82, 2.24) is 4.72 Å². The average molecular weight is 274 g/mol. The van der Waals surface area contributed by atoms with Gasteiger partial charge in [0.2, 0.25) is 10.0 Å². The third-order valence-electron chi connectivity index (χ3n) is 2.98. The summed E-state index contributed by atoms with van der Waals surface area (Å²) in [4.78, 5) is -0.0742. The lowest BCUT2D eigenvalue weighted by Crippen LogP contribution is -2.29. The van der Waals surface area contributed by atoms with Crippen molar-refractivity contribution in [2.24, 2.45) is 5.92 Å². The molecule has 0 aliphatic heterocycles. The summed E-state index contributed by atoms with van der Waals surface area (Å²) in [6.45, 7) is 4.38. The number of hydrogen-bond acceptors (Lipinski definition) is 3. The molecule has 0 radical (unpaired) electrons. The Balaban J connectivity index is 2.86. The predicted octanol–water partition coefficient (Wildman–Crippen LogP) is 2.12. The van der Waals surface area contributed by atoms with E-state index in [4.69, 9.17) is 5.73 Å². The van der Waals surface area contributed by atoms with E-state index in [9.17, 15) is 12.8 Å². The molecule has 0 aromatic heterocycles. The highest BCUT2D eigenvalue weighted by atomic mass is 32.2. The second-order valence-corrected chi connectivity index (χ2v) is 5.95. The van der Waals surface area contributed by atoms with Crippen molar-refractivity contribution in [1.29, 1.82) is 0 Å². The van der Waals surface area contributed by atoms with E-state index in [0.29, 0.717) is 12.5 Å². The Morgan fingerprint density at radius 1 is 1.33 bits per heavy atom. The lowest BCUT2D eigenvalue weighted by molar-refractivity contribution is 0.479. The largest absolute Gasteiger partial charge is 0.398 e. The van der Waals surface area contributed by atoms with E-state index < -0.39 is 15.8 Å². The first-order valence-electron chi connectivity index (χ1n) is 5.95. The van der Waals surface area contributed by atoms with Crippen LogP contribution in [0.1, 0.15) is 26.7 Å². The lowest BCUT2D eigenvalue weighted by atomic mass is 10.0. The smallest absolute Gasteiger partial charge is 0.242 e. The highest BCUT2D eigenvalue weighted by molar-refractivity contribution is 7.89. The fourth-order valence-electron chi connectivity index (χ4n) is 1.65. The lowest BCUT2D eigenvalue weighted by Gasteiger charge is -2.14. The molecule has 0 heterocycles. The summed E-state index contributed by atoms with van der Waals surface area (Å²) in [6.07, 6.45) is 1.80. The predicted molar refractivity (Wildman–Crippen MR) is 70.1 cm³/mol. The molecular weight excluding hydrogens is 255 g/mol. The quantitative estimate of drug-likeness (QED) is 0.780. The Labute approximate surface area is 107 Å². The molecule has 1 aromatic carbocycles. The molecule has 0 atom stereocenters. The van der Waals surface area contributed by atoms with Crippen LogP contribution in [-0.2, 0) is 10.0 Å². The minimum absolute atomic E-state index is 0.0742. The summed E-state index contributed by atoms with van der Waals surface area (Å²) in [6, 6.07) is 3.27. The van der Waals surface area contributed by atoms with Crippen LogP contribution in [-0.4, -0.2) is 15.0 Å². The fraction of sp³-hybridized carbons (Fsp3) is 0.500. The molecule has 3 N–H and O–H groups in total. The number of nitrogen functional groups attached to an aromatic ring is 1. The van der Waals surface area contributed by atoms with Crippen molar-refractivity contribution >= 4 is 15.7 Å². The Morgan fingerprint density at radius 2 is 1.94 bits per heavy atom. The van der Waals surface area contributed by atoms with Crippen LogP contribution in [0.25, 0.3) is 0 Å². The maximum Gasteiger partial charge on any atom is 0.242 e. The Kier molecular flexibility index (Phi) is 5.10. The Hall–Kier alpha value is -1.14. The summed E-state index contributed by atoms with van der Waals surface area (Å²) < 4.78 is 39.3. The van der Waals surface area contributed by atoms with Crippen molar-refractivity contribution in [2.75, 3.05) is 12.3 Å². The van der Waals surface area contributed by atoms with Gasteiger partial charge in [-0.3, -0.25) is 0 Å². The van der Waals surface area contributed by atoms with E-state index in [1.54, 1.807) is 0 Å². The van der Waals surface area contributed by atoms with E-state index >= 15 is 0 Å². The van der Waals surface area contributed by atoms with E-state index in [1.165, 1.54) is 6.07 Å². The van der Waals surface area contributed by atoms with Crippen LogP contribution in [0.4, 0.5) is 10.1 Å². The van der Waals surface area contributed by atoms with Gasteiger partial charge in [-0.05, 0) is 24.1 Å².